The number of halogens is 2. The minimum atomic E-state index is -1.11. The fourth-order valence-electron chi connectivity index (χ4n) is 1.20. The van der Waals surface area contributed by atoms with E-state index in [1.807, 2.05) is 0 Å². The molecule has 1 aromatic rings. The van der Waals surface area contributed by atoms with E-state index in [0.717, 1.165) is 12.1 Å². The van der Waals surface area contributed by atoms with E-state index in [0.29, 0.717) is 0 Å². The van der Waals surface area contributed by atoms with Crippen LogP contribution in [0.2, 0.25) is 0 Å². The maximum Gasteiger partial charge on any atom is 0.349 e. The molecule has 0 aliphatic carbocycles. The maximum absolute atomic E-state index is 13.3. The van der Waals surface area contributed by atoms with Gasteiger partial charge in [-0.05, 0) is 26.0 Å². The summed E-state index contributed by atoms with van der Waals surface area (Å²) in [5, 5.41) is 8.80. The van der Waals surface area contributed by atoms with Crippen molar-refractivity contribution >= 4 is 12.0 Å². The highest BCUT2D eigenvalue weighted by molar-refractivity contribution is 5.97. The third-order valence-electron chi connectivity index (χ3n) is 1.96. The average Bonchev–Trinajstić information content (AvgIpc) is 2.30. The van der Waals surface area contributed by atoms with Crippen molar-refractivity contribution in [3.63, 3.8) is 0 Å². The number of nitrogens with zero attached hydrogens (tertiary/aromatic N) is 1. The molecule has 0 unspecified atom stereocenters. The van der Waals surface area contributed by atoms with Crippen LogP contribution in [-0.4, -0.2) is 12.1 Å². The van der Waals surface area contributed by atoms with E-state index < -0.39 is 23.7 Å². The summed E-state index contributed by atoms with van der Waals surface area (Å²) < 4.78 is 31.1. The number of carbonyl (C=O) groups excluding carboxylic acids is 1. The number of benzene rings is 1. The first-order valence-corrected chi connectivity index (χ1v) is 5.22. The van der Waals surface area contributed by atoms with E-state index in [1.165, 1.54) is 12.1 Å². The Balaban J connectivity index is 3.09. The molecule has 0 saturated heterocycles. The molecule has 0 aliphatic heterocycles. The molecule has 0 heterocycles. The summed E-state index contributed by atoms with van der Waals surface area (Å²) in [7, 11) is 0. The molecule has 0 amide bonds. The van der Waals surface area contributed by atoms with E-state index in [2.05, 4.69) is 0 Å². The zero-order valence-corrected chi connectivity index (χ0v) is 9.91. The Labute approximate surface area is 103 Å². The number of carbonyl (C=O) groups is 1. The van der Waals surface area contributed by atoms with Crippen LogP contribution in [0.3, 0.4) is 0 Å². The highest BCUT2D eigenvalue weighted by atomic mass is 19.2. The zero-order valence-electron chi connectivity index (χ0n) is 9.91. The number of nitriles is 1. The Morgan fingerprint density at radius 2 is 2.11 bits per heavy atom. The zero-order chi connectivity index (χ0) is 13.7. The second-order valence-electron chi connectivity index (χ2n) is 3.77. The van der Waals surface area contributed by atoms with Crippen molar-refractivity contribution in [1.82, 2.24) is 0 Å². The van der Waals surface area contributed by atoms with Crippen LogP contribution in [0.5, 0.6) is 0 Å². The Hall–Kier alpha value is -2.22. The van der Waals surface area contributed by atoms with Gasteiger partial charge in [-0.2, -0.15) is 5.26 Å². The minimum Gasteiger partial charge on any atom is -0.459 e. The first-order valence-electron chi connectivity index (χ1n) is 5.22. The van der Waals surface area contributed by atoms with Gasteiger partial charge in [0.15, 0.2) is 11.6 Å². The minimum absolute atomic E-state index is 0.174. The second kappa shape index (κ2) is 5.92. The Bertz CT molecular complexity index is 530. The summed E-state index contributed by atoms with van der Waals surface area (Å²) in [6.45, 7) is 3.24. The number of ether oxygens (including phenoxy) is 1. The van der Waals surface area contributed by atoms with Crippen LogP contribution >= 0.6 is 0 Å². The van der Waals surface area contributed by atoms with Gasteiger partial charge in [-0.1, -0.05) is 12.1 Å². The van der Waals surface area contributed by atoms with E-state index in [-0.39, 0.29) is 11.1 Å². The normalized spacial score (nSPS) is 11.2. The lowest BCUT2D eigenvalue weighted by molar-refractivity contribution is -0.142. The van der Waals surface area contributed by atoms with Gasteiger partial charge < -0.3 is 4.74 Å². The summed E-state index contributed by atoms with van der Waals surface area (Å²) in [5.41, 5.74) is -0.555. The fraction of sp³-hybridized carbons (Fsp3) is 0.231. The molecule has 0 fully saturated rings. The first-order chi connectivity index (χ1) is 8.45. The molecule has 1 rings (SSSR count). The fourth-order valence-corrected chi connectivity index (χ4v) is 1.20. The smallest absolute Gasteiger partial charge is 0.349 e. The van der Waals surface area contributed by atoms with Gasteiger partial charge >= 0.3 is 5.97 Å². The Morgan fingerprint density at radius 1 is 1.44 bits per heavy atom. The van der Waals surface area contributed by atoms with Crippen molar-refractivity contribution in [2.75, 3.05) is 0 Å². The Kier molecular flexibility index (Phi) is 4.55. The molecule has 0 N–H and O–H groups in total. The largest absolute Gasteiger partial charge is 0.459 e. The van der Waals surface area contributed by atoms with Gasteiger partial charge in [0.1, 0.15) is 11.6 Å². The first kappa shape index (κ1) is 13.8. The van der Waals surface area contributed by atoms with E-state index in [4.69, 9.17) is 10.00 Å². The van der Waals surface area contributed by atoms with Crippen molar-refractivity contribution in [2.45, 2.75) is 20.0 Å². The molecular formula is C13H11F2NO2. The molecule has 0 atom stereocenters. The van der Waals surface area contributed by atoms with Crippen LogP contribution in [0, 0.1) is 23.0 Å². The predicted octanol–water partition coefficient (Wildman–Crippen LogP) is 2.82. The van der Waals surface area contributed by atoms with Crippen molar-refractivity contribution < 1.29 is 18.3 Å². The molecule has 94 valence electrons. The summed E-state index contributed by atoms with van der Waals surface area (Å²) in [4.78, 5) is 11.5. The van der Waals surface area contributed by atoms with Crippen LogP contribution < -0.4 is 0 Å². The SMILES string of the molecule is CC(C)OC(=O)C(C#N)=Cc1cccc(F)c1F. The molecule has 5 heteroatoms. The van der Waals surface area contributed by atoms with Gasteiger partial charge in [0.25, 0.3) is 0 Å². The van der Waals surface area contributed by atoms with Crippen molar-refractivity contribution in [1.29, 1.82) is 5.26 Å². The van der Waals surface area contributed by atoms with Gasteiger partial charge in [0.05, 0.1) is 6.10 Å². The number of hydrogen-bond donors (Lipinski definition) is 0. The van der Waals surface area contributed by atoms with Crippen LogP contribution in [-0.2, 0) is 9.53 Å². The lowest BCUT2D eigenvalue weighted by atomic mass is 10.1. The standard InChI is InChI=1S/C13H11F2NO2/c1-8(2)18-13(17)10(7-16)6-9-4-3-5-11(14)12(9)15/h3-6,8H,1-2H3. The van der Waals surface area contributed by atoms with Crippen molar-refractivity contribution in [2.24, 2.45) is 0 Å². The van der Waals surface area contributed by atoms with Gasteiger partial charge in [0.2, 0.25) is 0 Å². The highest BCUT2D eigenvalue weighted by Crippen LogP contribution is 2.15. The lowest BCUT2D eigenvalue weighted by Crippen LogP contribution is -2.12. The molecule has 0 aromatic heterocycles. The molecular weight excluding hydrogens is 240 g/mol. The van der Waals surface area contributed by atoms with Gasteiger partial charge in [0, 0.05) is 5.56 Å². The molecule has 0 aliphatic rings. The highest BCUT2D eigenvalue weighted by Gasteiger charge is 2.14. The van der Waals surface area contributed by atoms with Crippen molar-refractivity contribution in [3.8, 4) is 6.07 Å². The monoisotopic (exact) mass is 251 g/mol. The second-order valence-corrected chi connectivity index (χ2v) is 3.77. The predicted molar refractivity (Wildman–Crippen MR) is 61.2 cm³/mol. The van der Waals surface area contributed by atoms with Crippen molar-refractivity contribution in [3.05, 3.63) is 41.0 Å². The van der Waals surface area contributed by atoms with Crippen LogP contribution in [0.15, 0.2) is 23.8 Å². The third kappa shape index (κ3) is 3.39. The number of esters is 1. The molecule has 18 heavy (non-hydrogen) atoms. The molecule has 0 saturated carbocycles. The van der Waals surface area contributed by atoms with E-state index in [9.17, 15) is 13.6 Å². The topological polar surface area (TPSA) is 50.1 Å². The molecule has 0 bridgehead atoms. The van der Waals surface area contributed by atoms with Crippen LogP contribution in [0.4, 0.5) is 8.78 Å². The summed E-state index contributed by atoms with van der Waals surface area (Å²) in [5.74, 6) is -3.02. The van der Waals surface area contributed by atoms with Gasteiger partial charge in [-0.3, -0.25) is 0 Å². The quantitative estimate of drug-likeness (QED) is 0.471. The molecule has 0 radical (unpaired) electrons. The molecule has 0 spiro atoms. The van der Waals surface area contributed by atoms with Crippen LogP contribution in [0.1, 0.15) is 19.4 Å². The van der Waals surface area contributed by atoms with E-state index >= 15 is 0 Å². The van der Waals surface area contributed by atoms with Crippen LogP contribution in [0.25, 0.3) is 6.08 Å². The summed E-state index contributed by atoms with van der Waals surface area (Å²) in [6, 6.07) is 5.10. The lowest BCUT2D eigenvalue weighted by Gasteiger charge is -2.06. The third-order valence-corrected chi connectivity index (χ3v) is 1.96. The van der Waals surface area contributed by atoms with E-state index in [1.54, 1.807) is 19.9 Å². The number of hydrogen-bond acceptors (Lipinski definition) is 3. The number of rotatable bonds is 3. The maximum atomic E-state index is 13.3. The summed E-state index contributed by atoms with van der Waals surface area (Å²) in [6.07, 6.45) is 0.565. The Morgan fingerprint density at radius 3 is 2.67 bits per heavy atom. The van der Waals surface area contributed by atoms with Gasteiger partial charge in [-0.25, -0.2) is 13.6 Å². The molecule has 1 aromatic carbocycles. The average molecular weight is 251 g/mol. The van der Waals surface area contributed by atoms with Gasteiger partial charge in [-0.15, -0.1) is 0 Å². The summed E-state index contributed by atoms with van der Waals surface area (Å²) >= 11 is 0. The molecule has 3 nitrogen and oxygen atoms in total.